The molecule has 3 aliphatic rings. The summed E-state index contributed by atoms with van der Waals surface area (Å²) in [5.74, 6) is -2.95. The third-order valence-electron chi connectivity index (χ3n) is 8.40. The number of likely N-dealkylation sites (tertiary alicyclic amines) is 1. The van der Waals surface area contributed by atoms with Crippen molar-refractivity contribution in [2.75, 3.05) is 18.5 Å². The van der Waals surface area contributed by atoms with Crippen molar-refractivity contribution in [3.63, 3.8) is 0 Å². The predicted octanol–water partition coefficient (Wildman–Crippen LogP) is 3.50. The zero-order valence-corrected chi connectivity index (χ0v) is 22.8. The number of esters is 1. The van der Waals surface area contributed by atoms with Crippen LogP contribution in [0, 0.1) is 17.8 Å². The highest BCUT2D eigenvalue weighted by Gasteiger charge is 2.77. The SMILES string of the molecule is CCOC(=O)[C@H]1[C@H]2C(=O)N([C@@H](CO)[C@@H](C)CC)C(C(=O)Nc3ccc4ccccc4c3)C23CC(Br)[C@@H]1O3. The quantitative estimate of drug-likeness (QED) is 0.370. The number of carbonyl (C=O) groups is 3. The van der Waals surface area contributed by atoms with Crippen molar-refractivity contribution in [3.05, 3.63) is 42.5 Å². The van der Waals surface area contributed by atoms with Crippen LogP contribution in [0.1, 0.15) is 33.6 Å². The molecule has 8 nitrogen and oxygen atoms in total. The number of alkyl halides is 1. The first-order chi connectivity index (χ1) is 17.8. The largest absolute Gasteiger partial charge is 0.466 e. The van der Waals surface area contributed by atoms with Gasteiger partial charge in [0.1, 0.15) is 11.6 Å². The monoisotopic (exact) mass is 572 g/mol. The Morgan fingerprint density at radius 1 is 1.24 bits per heavy atom. The second-order valence-electron chi connectivity index (χ2n) is 10.3. The highest BCUT2D eigenvalue weighted by molar-refractivity contribution is 9.09. The number of amides is 2. The number of fused-ring (bicyclic) bond motifs is 2. The fourth-order valence-corrected chi connectivity index (χ4v) is 7.47. The summed E-state index contributed by atoms with van der Waals surface area (Å²) < 4.78 is 11.8. The topological polar surface area (TPSA) is 105 Å². The second-order valence-corrected chi connectivity index (χ2v) is 11.5. The summed E-state index contributed by atoms with van der Waals surface area (Å²) in [4.78, 5) is 42.5. The molecule has 0 aliphatic carbocycles. The number of halogens is 1. The average Bonchev–Trinajstić information content (AvgIpc) is 3.48. The number of benzene rings is 2. The first-order valence-electron chi connectivity index (χ1n) is 13.0. The summed E-state index contributed by atoms with van der Waals surface area (Å²) in [6, 6.07) is 11.9. The Labute approximate surface area is 224 Å². The molecule has 0 aromatic heterocycles. The number of carbonyl (C=O) groups excluding carboxylic acids is 3. The van der Waals surface area contributed by atoms with Crippen LogP contribution in [-0.4, -0.2) is 69.6 Å². The smallest absolute Gasteiger partial charge is 0.312 e. The maximum Gasteiger partial charge on any atom is 0.312 e. The van der Waals surface area contributed by atoms with E-state index in [1.807, 2.05) is 56.3 Å². The average molecular weight is 573 g/mol. The number of anilines is 1. The van der Waals surface area contributed by atoms with Gasteiger partial charge in [0.05, 0.1) is 37.2 Å². The molecule has 37 heavy (non-hydrogen) atoms. The summed E-state index contributed by atoms with van der Waals surface area (Å²) in [6.45, 7) is 5.54. The predicted molar refractivity (Wildman–Crippen MR) is 142 cm³/mol. The van der Waals surface area contributed by atoms with Crippen LogP contribution < -0.4 is 5.32 Å². The van der Waals surface area contributed by atoms with Gasteiger partial charge >= 0.3 is 5.97 Å². The fraction of sp³-hybridized carbons (Fsp3) is 0.536. The summed E-state index contributed by atoms with van der Waals surface area (Å²) in [6.07, 6.45) is 0.536. The van der Waals surface area contributed by atoms with Crippen LogP contribution >= 0.6 is 15.9 Å². The summed E-state index contributed by atoms with van der Waals surface area (Å²) in [7, 11) is 0. The van der Waals surface area contributed by atoms with Crippen LogP contribution in [0.4, 0.5) is 5.69 Å². The number of nitrogens with one attached hydrogen (secondary N) is 1. The molecule has 0 saturated carbocycles. The first-order valence-corrected chi connectivity index (χ1v) is 13.9. The van der Waals surface area contributed by atoms with Crippen molar-refractivity contribution < 1.29 is 29.0 Å². The van der Waals surface area contributed by atoms with Crippen molar-refractivity contribution in [1.29, 1.82) is 0 Å². The van der Waals surface area contributed by atoms with Crippen molar-refractivity contribution in [2.45, 2.75) is 62.2 Å². The van der Waals surface area contributed by atoms with Gasteiger partial charge in [-0.1, -0.05) is 66.5 Å². The van der Waals surface area contributed by atoms with Crippen LogP contribution in [0.3, 0.4) is 0 Å². The summed E-state index contributed by atoms with van der Waals surface area (Å²) >= 11 is 3.65. The molecule has 3 aliphatic heterocycles. The molecule has 198 valence electrons. The minimum Gasteiger partial charge on any atom is -0.466 e. The molecule has 3 saturated heterocycles. The van der Waals surface area contributed by atoms with Crippen LogP contribution in [0.15, 0.2) is 42.5 Å². The highest BCUT2D eigenvalue weighted by Crippen LogP contribution is 2.60. The van der Waals surface area contributed by atoms with Gasteiger partial charge in [-0.15, -0.1) is 0 Å². The van der Waals surface area contributed by atoms with Crippen molar-refractivity contribution in [3.8, 4) is 0 Å². The van der Waals surface area contributed by atoms with Gasteiger partial charge in [0, 0.05) is 10.5 Å². The van der Waals surface area contributed by atoms with Gasteiger partial charge in [0.15, 0.2) is 0 Å². The summed E-state index contributed by atoms with van der Waals surface area (Å²) in [5.41, 5.74) is -0.597. The standard InChI is InChI=1S/C28H33BrN2O6/c1-4-15(3)20(14-32)31-24(25(33)30-18-11-10-16-8-6-7-9-17(16)12-18)28-13-19(29)23(37-28)21(22(28)26(31)34)27(35)36-5-2/h6-12,15,19-24,32H,4-5,13-14H2,1-3H3,(H,30,33)/t15-,19?,20-,21-,22-,23-,24?,28?/m0/s1. The Morgan fingerprint density at radius 2 is 1.97 bits per heavy atom. The number of hydrogen-bond donors (Lipinski definition) is 2. The van der Waals surface area contributed by atoms with E-state index in [0.717, 1.165) is 10.8 Å². The Bertz CT molecular complexity index is 1220. The summed E-state index contributed by atoms with van der Waals surface area (Å²) in [5, 5.41) is 15.4. The number of nitrogens with zero attached hydrogens (tertiary/aromatic N) is 1. The maximum atomic E-state index is 14.1. The number of rotatable bonds is 8. The zero-order valence-electron chi connectivity index (χ0n) is 21.2. The number of hydrogen-bond acceptors (Lipinski definition) is 6. The van der Waals surface area contributed by atoms with E-state index in [-0.39, 0.29) is 29.9 Å². The van der Waals surface area contributed by atoms with E-state index < -0.39 is 47.5 Å². The highest BCUT2D eigenvalue weighted by atomic mass is 79.9. The lowest BCUT2D eigenvalue weighted by Gasteiger charge is -2.38. The van der Waals surface area contributed by atoms with Crippen LogP contribution in [0.5, 0.6) is 0 Å². The molecule has 3 fully saturated rings. The van der Waals surface area contributed by atoms with E-state index in [2.05, 4.69) is 21.2 Å². The van der Waals surface area contributed by atoms with Crippen molar-refractivity contribution in [2.24, 2.45) is 17.8 Å². The first kappa shape index (κ1) is 26.1. The molecule has 2 N–H and O–H groups in total. The molecule has 2 bridgehead atoms. The van der Waals surface area contributed by atoms with Gasteiger partial charge in [-0.2, -0.15) is 0 Å². The Balaban J connectivity index is 1.57. The Morgan fingerprint density at radius 3 is 2.65 bits per heavy atom. The third-order valence-corrected chi connectivity index (χ3v) is 9.24. The van der Waals surface area contributed by atoms with Crippen molar-refractivity contribution >= 4 is 50.2 Å². The minimum atomic E-state index is -1.20. The Kier molecular flexibility index (Phi) is 7.06. The van der Waals surface area contributed by atoms with E-state index in [4.69, 9.17) is 9.47 Å². The Hall–Kier alpha value is -2.49. The molecule has 2 aromatic rings. The lowest BCUT2D eigenvalue weighted by molar-refractivity contribution is -0.155. The zero-order chi connectivity index (χ0) is 26.5. The molecular formula is C28H33BrN2O6. The van der Waals surface area contributed by atoms with Gasteiger partial charge in [-0.05, 0) is 42.2 Å². The number of ether oxygens (including phenoxy) is 2. The molecule has 2 aromatic carbocycles. The molecule has 1 spiro atoms. The molecule has 0 radical (unpaired) electrons. The van der Waals surface area contributed by atoms with Gasteiger partial charge < -0.3 is 24.8 Å². The van der Waals surface area contributed by atoms with E-state index in [0.29, 0.717) is 18.5 Å². The molecular weight excluding hydrogens is 540 g/mol. The van der Waals surface area contributed by atoms with Crippen LogP contribution in [-0.2, 0) is 23.9 Å². The van der Waals surface area contributed by atoms with Crippen LogP contribution in [0.25, 0.3) is 10.8 Å². The lowest BCUT2D eigenvalue weighted by atomic mass is 9.70. The molecule has 5 rings (SSSR count). The number of aliphatic hydroxyl groups excluding tert-OH is 1. The maximum absolute atomic E-state index is 14.1. The second kappa shape index (κ2) is 10.0. The third kappa shape index (κ3) is 4.06. The van der Waals surface area contributed by atoms with Crippen LogP contribution in [0.2, 0.25) is 0 Å². The normalized spacial score (nSPS) is 31.9. The fourth-order valence-electron chi connectivity index (χ4n) is 6.52. The molecule has 8 atom stereocenters. The lowest BCUT2D eigenvalue weighted by Crippen LogP contribution is -2.57. The minimum absolute atomic E-state index is 0.0712. The molecule has 9 heteroatoms. The molecule has 2 amide bonds. The molecule has 3 heterocycles. The number of aliphatic hydroxyl groups is 1. The van der Waals surface area contributed by atoms with E-state index >= 15 is 0 Å². The van der Waals surface area contributed by atoms with E-state index in [1.165, 1.54) is 4.90 Å². The molecule has 3 unspecified atom stereocenters. The van der Waals surface area contributed by atoms with E-state index in [1.54, 1.807) is 6.92 Å². The van der Waals surface area contributed by atoms with Crippen molar-refractivity contribution in [1.82, 2.24) is 4.90 Å². The van der Waals surface area contributed by atoms with E-state index in [9.17, 15) is 19.5 Å². The van der Waals surface area contributed by atoms with Gasteiger partial charge in [-0.3, -0.25) is 14.4 Å². The van der Waals surface area contributed by atoms with Gasteiger partial charge in [-0.25, -0.2) is 0 Å². The van der Waals surface area contributed by atoms with Gasteiger partial charge in [0.25, 0.3) is 0 Å². The van der Waals surface area contributed by atoms with Gasteiger partial charge in [0.2, 0.25) is 11.8 Å².